The third-order valence-corrected chi connectivity index (χ3v) is 4.20. The maximum Gasteiger partial charge on any atom is 0.348 e. The zero-order chi connectivity index (χ0) is 19.0. The van der Waals surface area contributed by atoms with Crippen LogP contribution in [-0.4, -0.2) is 47.6 Å². The molecule has 0 aromatic rings. The Hall–Kier alpha value is -1.67. The van der Waals surface area contributed by atoms with Gasteiger partial charge in [0.15, 0.2) is 0 Å². The predicted molar refractivity (Wildman–Crippen MR) is 86.4 cm³/mol. The van der Waals surface area contributed by atoms with Gasteiger partial charge in [-0.25, -0.2) is 9.68 Å². The molecule has 0 spiro atoms. The van der Waals surface area contributed by atoms with Gasteiger partial charge in [0.2, 0.25) is 6.10 Å². The van der Waals surface area contributed by atoms with Crippen molar-refractivity contribution in [1.82, 2.24) is 0 Å². The SMILES string of the molecule is CCC(C)C(CCOC(=O)CCC(=O)OC1CC(C)(C)OC1=O)OO. The first-order valence-corrected chi connectivity index (χ1v) is 8.56. The van der Waals surface area contributed by atoms with Gasteiger partial charge in [0.1, 0.15) is 5.60 Å². The maximum absolute atomic E-state index is 11.7. The lowest BCUT2D eigenvalue weighted by Crippen LogP contribution is -2.24. The van der Waals surface area contributed by atoms with Crippen LogP contribution in [-0.2, 0) is 33.5 Å². The van der Waals surface area contributed by atoms with E-state index < -0.39 is 35.7 Å². The molecule has 0 saturated carbocycles. The Morgan fingerprint density at radius 2 is 1.96 bits per heavy atom. The Morgan fingerprint density at radius 3 is 2.48 bits per heavy atom. The molecule has 1 heterocycles. The highest BCUT2D eigenvalue weighted by Crippen LogP contribution is 2.28. The molecule has 1 N–H and O–H groups in total. The number of carbonyl (C=O) groups excluding carboxylic acids is 3. The fourth-order valence-electron chi connectivity index (χ4n) is 2.49. The molecular weight excluding hydrogens is 332 g/mol. The van der Waals surface area contributed by atoms with Crippen molar-refractivity contribution in [2.75, 3.05) is 6.61 Å². The molecule has 8 nitrogen and oxygen atoms in total. The minimum Gasteiger partial charge on any atom is -0.466 e. The van der Waals surface area contributed by atoms with E-state index >= 15 is 0 Å². The van der Waals surface area contributed by atoms with Crippen LogP contribution in [0.2, 0.25) is 0 Å². The number of hydrogen-bond acceptors (Lipinski definition) is 8. The van der Waals surface area contributed by atoms with Gasteiger partial charge in [-0.05, 0) is 19.8 Å². The van der Waals surface area contributed by atoms with Gasteiger partial charge in [0.25, 0.3) is 0 Å². The van der Waals surface area contributed by atoms with Gasteiger partial charge in [-0.2, -0.15) is 0 Å². The molecule has 1 aliphatic rings. The molecule has 0 aromatic heterocycles. The van der Waals surface area contributed by atoms with E-state index in [0.717, 1.165) is 6.42 Å². The Morgan fingerprint density at radius 1 is 1.32 bits per heavy atom. The summed E-state index contributed by atoms with van der Waals surface area (Å²) in [6, 6.07) is 0. The minimum absolute atomic E-state index is 0.0899. The number of hydrogen-bond donors (Lipinski definition) is 1. The van der Waals surface area contributed by atoms with E-state index in [4.69, 9.17) is 19.5 Å². The summed E-state index contributed by atoms with van der Waals surface area (Å²) in [5.74, 6) is -1.63. The summed E-state index contributed by atoms with van der Waals surface area (Å²) in [7, 11) is 0. The fraction of sp³-hybridized carbons (Fsp3) is 0.824. The lowest BCUT2D eigenvalue weighted by molar-refractivity contribution is -0.291. The molecule has 0 aromatic carbocycles. The van der Waals surface area contributed by atoms with Gasteiger partial charge in [-0.3, -0.25) is 14.8 Å². The van der Waals surface area contributed by atoms with Crippen LogP contribution in [0.3, 0.4) is 0 Å². The van der Waals surface area contributed by atoms with E-state index in [1.807, 2.05) is 13.8 Å². The second-order valence-electron chi connectivity index (χ2n) is 6.90. The fourth-order valence-corrected chi connectivity index (χ4v) is 2.49. The van der Waals surface area contributed by atoms with Crippen molar-refractivity contribution in [2.24, 2.45) is 5.92 Å². The summed E-state index contributed by atoms with van der Waals surface area (Å²) in [6.45, 7) is 7.45. The molecule has 0 aliphatic carbocycles. The van der Waals surface area contributed by atoms with Crippen molar-refractivity contribution in [3.05, 3.63) is 0 Å². The lowest BCUT2D eigenvalue weighted by Gasteiger charge is -2.19. The Bertz CT molecular complexity index is 473. The highest BCUT2D eigenvalue weighted by atomic mass is 17.1. The van der Waals surface area contributed by atoms with Crippen LogP contribution in [0, 0.1) is 5.92 Å². The van der Waals surface area contributed by atoms with Gasteiger partial charge in [0.05, 0.1) is 25.6 Å². The van der Waals surface area contributed by atoms with E-state index in [2.05, 4.69) is 4.89 Å². The standard InChI is InChI=1S/C17H28O8/c1-5-11(2)12(25-21)8-9-22-14(18)6-7-15(19)23-13-10-17(3,4)24-16(13)20/h11-13,21H,5-10H2,1-4H3. The molecule has 1 fully saturated rings. The van der Waals surface area contributed by atoms with Crippen molar-refractivity contribution in [1.29, 1.82) is 0 Å². The van der Waals surface area contributed by atoms with Crippen LogP contribution in [0.25, 0.3) is 0 Å². The van der Waals surface area contributed by atoms with Gasteiger partial charge in [-0.1, -0.05) is 20.3 Å². The van der Waals surface area contributed by atoms with Gasteiger partial charge < -0.3 is 14.2 Å². The zero-order valence-electron chi connectivity index (χ0n) is 15.3. The second kappa shape index (κ2) is 9.72. The molecule has 8 heteroatoms. The molecule has 25 heavy (non-hydrogen) atoms. The molecule has 0 bridgehead atoms. The van der Waals surface area contributed by atoms with Crippen LogP contribution in [0.15, 0.2) is 0 Å². The van der Waals surface area contributed by atoms with Gasteiger partial charge >= 0.3 is 17.9 Å². The molecule has 0 radical (unpaired) electrons. The predicted octanol–water partition coefficient (Wildman–Crippen LogP) is 2.24. The largest absolute Gasteiger partial charge is 0.466 e. The van der Waals surface area contributed by atoms with E-state index in [9.17, 15) is 14.4 Å². The lowest BCUT2D eigenvalue weighted by atomic mass is 10.00. The number of esters is 3. The molecule has 3 unspecified atom stereocenters. The van der Waals surface area contributed by atoms with Gasteiger partial charge in [0, 0.05) is 12.8 Å². The summed E-state index contributed by atoms with van der Waals surface area (Å²) in [4.78, 5) is 39.3. The highest BCUT2D eigenvalue weighted by molar-refractivity contribution is 5.83. The van der Waals surface area contributed by atoms with E-state index in [1.54, 1.807) is 13.8 Å². The Kier molecular flexibility index (Phi) is 8.31. The number of rotatable bonds is 10. The summed E-state index contributed by atoms with van der Waals surface area (Å²) < 4.78 is 15.1. The van der Waals surface area contributed by atoms with Crippen molar-refractivity contribution < 1.29 is 38.7 Å². The summed E-state index contributed by atoms with van der Waals surface area (Å²) >= 11 is 0. The van der Waals surface area contributed by atoms with Crippen LogP contribution >= 0.6 is 0 Å². The second-order valence-corrected chi connectivity index (χ2v) is 6.90. The average molecular weight is 360 g/mol. The summed E-state index contributed by atoms with van der Waals surface area (Å²) in [5.41, 5.74) is -0.651. The van der Waals surface area contributed by atoms with Crippen LogP contribution < -0.4 is 0 Å². The maximum atomic E-state index is 11.7. The topological polar surface area (TPSA) is 108 Å². The third-order valence-electron chi connectivity index (χ3n) is 4.20. The highest BCUT2D eigenvalue weighted by Gasteiger charge is 2.42. The van der Waals surface area contributed by atoms with Crippen LogP contribution in [0.4, 0.5) is 0 Å². The van der Waals surface area contributed by atoms with Crippen molar-refractivity contribution in [3.8, 4) is 0 Å². The smallest absolute Gasteiger partial charge is 0.348 e. The molecule has 3 atom stereocenters. The number of cyclic esters (lactones) is 1. The average Bonchev–Trinajstić information content (AvgIpc) is 2.80. The summed E-state index contributed by atoms with van der Waals surface area (Å²) in [5, 5.41) is 8.82. The van der Waals surface area contributed by atoms with Crippen molar-refractivity contribution in [2.45, 2.75) is 77.6 Å². The Balaban J connectivity index is 2.23. The quantitative estimate of drug-likeness (QED) is 0.273. The number of ether oxygens (including phenoxy) is 3. The molecule has 144 valence electrons. The van der Waals surface area contributed by atoms with Crippen molar-refractivity contribution >= 4 is 17.9 Å². The summed E-state index contributed by atoms with van der Waals surface area (Å²) in [6.07, 6.45) is -0.154. The monoisotopic (exact) mass is 360 g/mol. The molecular formula is C17H28O8. The third kappa shape index (κ3) is 7.39. The Labute approximate surface area is 147 Å². The van der Waals surface area contributed by atoms with Crippen molar-refractivity contribution in [3.63, 3.8) is 0 Å². The first-order valence-electron chi connectivity index (χ1n) is 8.56. The van der Waals surface area contributed by atoms with E-state index in [-0.39, 0.29) is 25.4 Å². The van der Waals surface area contributed by atoms with E-state index in [0.29, 0.717) is 12.8 Å². The molecule has 1 aliphatic heterocycles. The minimum atomic E-state index is -0.920. The molecule has 1 rings (SSSR count). The molecule has 0 amide bonds. The zero-order valence-corrected chi connectivity index (χ0v) is 15.3. The first kappa shape index (κ1) is 21.4. The molecule has 1 saturated heterocycles. The first-order chi connectivity index (χ1) is 11.7. The van der Waals surface area contributed by atoms with Crippen LogP contribution in [0.5, 0.6) is 0 Å². The van der Waals surface area contributed by atoms with E-state index in [1.165, 1.54) is 0 Å². The van der Waals surface area contributed by atoms with Crippen LogP contribution in [0.1, 0.15) is 59.8 Å². The number of carbonyl (C=O) groups is 3. The van der Waals surface area contributed by atoms with Gasteiger partial charge in [-0.15, -0.1) is 0 Å². The normalized spacial score (nSPS) is 21.3.